The number of carbonyl (C=O) groups excluding carboxylic acids is 1. The number of ether oxygens (including phenoxy) is 2. The van der Waals surface area contributed by atoms with Crippen LogP contribution in [0.5, 0.6) is 5.75 Å². The maximum Gasteiger partial charge on any atom is 0.254 e. The van der Waals surface area contributed by atoms with Crippen molar-refractivity contribution in [3.8, 4) is 5.75 Å². The van der Waals surface area contributed by atoms with Gasteiger partial charge in [-0.3, -0.25) is 4.79 Å². The van der Waals surface area contributed by atoms with E-state index in [2.05, 4.69) is 11.4 Å². The highest BCUT2D eigenvalue weighted by atomic mass is 16.5. The predicted octanol–water partition coefficient (Wildman–Crippen LogP) is 3.38. The van der Waals surface area contributed by atoms with Crippen LogP contribution < -0.4 is 10.1 Å². The maximum absolute atomic E-state index is 12.6. The van der Waals surface area contributed by atoms with Gasteiger partial charge in [0, 0.05) is 30.7 Å². The molecule has 5 nitrogen and oxygen atoms in total. The molecule has 1 aliphatic rings. The number of hydrogen-bond acceptors (Lipinski definition) is 4. The molecule has 1 N–H and O–H groups in total. The molecular weight excluding hydrogens is 318 g/mol. The molecular formula is C20H25NO4. The molecule has 1 aromatic heterocycles. The third kappa shape index (κ3) is 3.56. The van der Waals surface area contributed by atoms with Gasteiger partial charge in [-0.25, -0.2) is 0 Å². The molecule has 0 radical (unpaired) electrons. The summed E-state index contributed by atoms with van der Waals surface area (Å²) in [4.78, 5) is 12.6. The summed E-state index contributed by atoms with van der Waals surface area (Å²) in [6, 6.07) is 9.82. The molecule has 3 rings (SSSR count). The van der Waals surface area contributed by atoms with Crippen molar-refractivity contribution >= 4 is 5.91 Å². The van der Waals surface area contributed by atoms with E-state index in [0.29, 0.717) is 31.1 Å². The molecule has 1 amide bonds. The van der Waals surface area contributed by atoms with Crippen LogP contribution in [0.1, 0.15) is 40.3 Å². The second-order valence-corrected chi connectivity index (χ2v) is 6.60. The number of amides is 1. The first-order valence-electron chi connectivity index (χ1n) is 8.62. The Morgan fingerprint density at radius 3 is 2.60 bits per heavy atom. The predicted molar refractivity (Wildman–Crippen MR) is 95.2 cm³/mol. The fraction of sp³-hybridized carbons (Fsp3) is 0.450. The average molecular weight is 343 g/mol. The Kier molecular flexibility index (Phi) is 5.13. The van der Waals surface area contributed by atoms with Crippen LogP contribution >= 0.6 is 0 Å². The highest BCUT2D eigenvalue weighted by molar-refractivity contribution is 5.95. The molecule has 1 saturated heterocycles. The summed E-state index contributed by atoms with van der Waals surface area (Å²) >= 11 is 0. The number of para-hydroxylation sites is 1. The average Bonchev–Trinajstić information content (AvgIpc) is 2.98. The number of carbonyl (C=O) groups is 1. The molecule has 1 aliphatic heterocycles. The molecule has 0 aliphatic carbocycles. The number of methoxy groups -OCH3 is 1. The molecule has 25 heavy (non-hydrogen) atoms. The zero-order valence-corrected chi connectivity index (χ0v) is 15.1. The topological polar surface area (TPSA) is 60.7 Å². The SMILES string of the molecule is COc1ccccc1C1(CNC(=O)c2cc(C)oc2C)CCOCC1. The molecule has 0 unspecified atom stereocenters. The highest BCUT2D eigenvalue weighted by Gasteiger charge is 2.37. The van der Waals surface area contributed by atoms with Crippen molar-refractivity contribution in [2.24, 2.45) is 0 Å². The van der Waals surface area contributed by atoms with Crippen LogP contribution in [0.25, 0.3) is 0 Å². The zero-order valence-electron chi connectivity index (χ0n) is 15.1. The Bertz CT molecular complexity index is 744. The minimum atomic E-state index is -0.187. The van der Waals surface area contributed by atoms with E-state index in [-0.39, 0.29) is 11.3 Å². The fourth-order valence-electron chi connectivity index (χ4n) is 3.59. The van der Waals surface area contributed by atoms with E-state index < -0.39 is 0 Å². The van der Waals surface area contributed by atoms with Crippen molar-refractivity contribution in [3.63, 3.8) is 0 Å². The van der Waals surface area contributed by atoms with Crippen molar-refractivity contribution in [2.75, 3.05) is 26.9 Å². The number of nitrogens with one attached hydrogen (secondary N) is 1. The van der Waals surface area contributed by atoms with Gasteiger partial charge in [0.2, 0.25) is 0 Å². The van der Waals surface area contributed by atoms with E-state index in [9.17, 15) is 4.79 Å². The molecule has 1 aromatic carbocycles. The Morgan fingerprint density at radius 1 is 1.24 bits per heavy atom. The zero-order chi connectivity index (χ0) is 17.9. The van der Waals surface area contributed by atoms with Gasteiger partial charge in [-0.05, 0) is 38.8 Å². The summed E-state index contributed by atoms with van der Waals surface area (Å²) in [5, 5.41) is 3.10. The van der Waals surface area contributed by atoms with Gasteiger partial charge in [-0.2, -0.15) is 0 Å². The monoisotopic (exact) mass is 343 g/mol. The van der Waals surface area contributed by atoms with Crippen molar-refractivity contribution in [3.05, 3.63) is 53.0 Å². The third-order valence-electron chi connectivity index (χ3n) is 5.00. The van der Waals surface area contributed by atoms with Gasteiger partial charge in [0.25, 0.3) is 5.91 Å². The summed E-state index contributed by atoms with van der Waals surface area (Å²) in [6.07, 6.45) is 1.69. The summed E-state index contributed by atoms with van der Waals surface area (Å²) in [6.45, 7) is 5.56. The van der Waals surface area contributed by atoms with Crippen LogP contribution in [0.2, 0.25) is 0 Å². The number of rotatable bonds is 5. The standard InChI is InChI=1S/C20H25NO4/c1-14-12-16(15(2)25-14)19(22)21-13-20(8-10-24-11-9-20)17-6-4-5-7-18(17)23-3/h4-7,12H,8-11,13H2,1-3H3,(H,21,22). The molecule has 2 heterocycles. The molecule has 134 valence electrons. The summed E-state index contributed by atoms with van der Waals surface area (Å²) in [5.74, 6) is 2.14. The Labute approximate surface area is 148 Å². The molecule has 0 spiro atoms. The largest absolute Gasteiger partial charge is 0.496 e. The normalized spacial score (nSPS) is 16.4. The first kappa shape index (κ1) is 17.5. The van der Waals surface area contributed by atoms with Crippen LogP contribution in [0.4, 0.5) is 0 Å². The van der Waals surface area contributed by atoms with E-state index in [1.54, 1.807) is 13.2 Å². The lowest BCUT2D eigenvalue weighted by atomic mass is 9.73. The first-order chi connectivity index (χ1) is 12.1. The fourth-order valence-corrected chi connectivity index (χ4v) is 3.59. The van der Waals surface area contributed by atoms with Gasteiger partial charge in [-0.1, -0.05) is 18.2 Å². The van der Waals surface area contributed by atoms with Crippen molar-refractivity contribution in [1.29, 1.82) is 0 Å². The lowest BCUT2D eigenvalue weighted by Gasteiger charge is -2.38. The van der Waals surface area contributed by atoms with Gasteiger partial charge in [0.1, 0.15) is 17.3 Å². The number of furan rings is 1. The van der Waals surface area contributed by atoms with Crippen molar-refractivity contribution in [1.82, 2.24) is 5.32 Å². The van der Waals surface area contributed by atoms with Crippen LogP contribution in [-0.4, -0.2) is 32.8 Å². The van der Waals surface area contributed by atoms with E-state index in [1.807, 2.05) is 32.0 Å². The summed E-state index contributed by atoms with van der Waals surface area (Å²) < 4.78 is 16.6. The van der Waals surface area contributed by atoms with Crippen LogP contribution in [0.15, 0.2) is 34.7 Å². The Balaban J connectivity index is 1.84. The van der Waals surface area contributed by atoms with Crippen molar-refractivity contribution < 1.29 is 18.7 Å². The quantitative estimate of drug-likeness (QED) is 0.904. The number of benzene rings is 1. The van der Waals surface area contributed by atoms with Gasteiger partial charge < -0.3 is 19.2 Å². The second kappa shape index (κ2) is 7.31. The molecule has 0 atom stereocenters. The smallest absolute Gasteiger partial charge is 0.254 e. The van der Waals surface area contributed by atoms with Gasteiger partial charge in [-0.15, -0.1) is 0 Å². The summed E-state index contributed by atoms with van der Waals surface area (Å²) in [5.41, 5.74) is 1.54. The van der Waals surface area contributed by atoms with Gasteiger partial charge >= 0.3 is 0 Å². The number of aryl methyl sites for hydroxylation is 2. The highest BCUT2D eigenvalue weighted by Crippen LogP contribution is 2.39. The number of hydrogen-bond donors (Lipinski definition) is 1. The Hall–Kier alpha value is -2.27. The minimum Gasteiger partial charge on any atom is -0.496 e. The van der Waals surface area contributed by atoms with Crippen LogP contribution in [0, 0.1) is 13.8 Å². The van der Waals surface area contributed by atoms with E-state index in [0.717, 1.165) is 29.9 Å². The third-order valence-corrected chi connectivity index (χ3v) is 5.00. The van der Waals surface area contributed by atoms with E-state index >= 15 is 0 Å². The molecule has 2 aromatic rings. The first-order valence-corrected chi connectivity index (χ1v) is 8.62. The molecule has 0 bridgehead atoms. The second-order valence-electron chi connectivity index (χ2n) is 6.60. The molecule has 1 fully saturated rings. The lowest BCUT2D eigenvalue weighted by molar-refractivity contribution is 0.0479. The van der Waals surface area contributed by atoms with E-state index in [1.165, 1.54) is 0 Å². The van der Waals surface area contributed by atoms with Gasteiger partial charge in [0.15, 0.2) is 0 Å². The Morgan fingerprint density at radius 2 is 1.96 bits per heavy atom. The maximum atomic E-state index is 12.6. The van der Waals surface area contributed by atoms with Crippen LogP contribution in [-0.2, 0) is 10.2 Å². The van der Waals surface area contributed by atoms with E-state index in [4.69, 9.17) is 13.9 Å². The lowest BCUT2D eigenvalue weighted by Crippen LogP contribution is -2.44. The van der Waals surface area contributed by atoms with Gasteiger partial charge in [0.05, 0.1) is 12.7 Å². The summed E-state index contributed by atoms with van der Waals surface area (Å²) in [7, 11) is 1.68. The minimum absolute atomic E-state index is 0.102. The molecule has 0 saturated carbocycles. The molecule has 5 heteroatoms. The van der Waals surface area contributed by atoms with Crippen LogP contribution in [0.3, 0.4) is 0 Å². The van der Waals surface area contributed by atoms with Crippen molar-refractivity contribution in [2.45, 2.75) is 32.1 Å².